The fourth-order valence-corrected chi connectivity index (χ4v) is 4.03. The van der Waals surface area contributed by atoms with E-state index in [0.29, 0.717) is 12.0 Å². The number of rotatable bonds is 4. The van der Waals surface area contributed by atoms with Gasteiger partial charge in [-0.3, -0.25) is 4.90 Å². The Bertz CT molecular complexity index is 732. The van der Waals surface area contributed by atoms with Gasteiger partial charge in [0.2, 0.25) is 0 Å². The predicted octanol–water partition coefficient (Wildman–Crippen LogP) is 3.97. The molecule has 0 radical (unpaired) electrons. The molecule has 2 aromatic rings. The third-order valence-electron chi connectivity index (χ3n) is 5.71. The minimum atomic E-state index is 0.353. The molecule has 1 unspecified atom stereocenters. The molecular weight excluding hydrogens is 320 g/mol. The molecule has 2 aliphatic heterocycles. The Labute approximate surface area is 157 Å². The van der Waals surface area contributed by atoms with E-state index in [2.05, 4.69) is 59.5 Å². The first-order chi connectivity index (χ1) is 12.7. The monoisotopic (exact) mass is 350 g/mol. The average molecular weight is 351 g/mol. The van der Waals surface area contributed by atoms with Crippen LogP contribution < -0.4 is 5.32 Å². The van der Waals surface area contributed by atoms with Crippen molar-refractivity contribution in [3.05, 3.63) is 58.7 Å². The summed E-state index contributed by atoms with van der Waals surface area (Å²) in [5, 5.41) is 3.56. The molecule has 1 aromatic heterocycles. The first-order valence-electron chi connectivity index (χ1n) is 10.1. The lowest BCUT2D eigenvalue weighted by atomic mass is 10.0. The maximum atomic E-state index is 4.91. The second-order valence-electron chi connectivity index (χ2n) is 8.06. The first kappa shape index (κ1) is 17.6. The zero-order valence-electron chi connectivity index (χ0n) is 16.0. The van der Waals surface area contributed by atoms with Crippen LogP contribution >= 0.6 is 0 Å². The van der Waals surface area contributed by atoms with Crippen LogP contribution in [-0.2, 0) is 19.5 Å². The summed E-state index contributed by atoms with van der Waals surface area (Å²) >= 11 is 0. The molecule has 4 heteroatoms. The summed E-state index contributed by atoms with van der Waals surface area (Å²) in [6.45, 7) is 8.62. The van der Waals surface area contributed by atoms with E-state index >= 15 is 0 Å². The molecule has 3 heterocycles. The van der Waals surface area contributed by atoms with Crippen molar-refractivity contribution in [1.29, 1.82) is 0 Å². The summed E-state index contributed by atoms with van der Waals surface area (Å²) in [5.74, 6) is 1.59. The number of nitrogens with zero attached hydrogens (tertiary/aromatic N) is 3. The summed E-state index contributed by atoms with van der Waals surface area (Å²) in [5.41, 5.74) is 5.36. The summed E-state index contributed by atoms with van der Waals surface area (Å²) in [7, 11) is 0. The maximum absolute atomic E-state index is 4.91. The van der Waals surface area contributed by atoms with Crippen LogP contribution in [0, 0.1) is 0 Å². The van der Waals surface area contributed by atoms with Crippen LogP contribution in [-0.4, -0.2) is 28.0 Å². The van der Waals surface area contributed by atoms with Crippen molar-refractivity contribution in [3.63, 3.8) is 0 Å². The van der Waals surface area contributed by atoms with E-state index in [9.17, 15) is 0 Å². The number of aromatic nitrogens is 2. The van der Waals surface area contributed by atoms with Crippen molar-refractivity contribution in [2.75, 3.05) is 13.1 Å². The third-order valence-corrected chi connectivity index (χ3v) is 5.71. The minimum absolute atomic E-state index is 0.353. The van der Waals surface area contributed by atoms with Crippen LogP contribution in [0.4, 0.5) is 0 Å². The van der Waals surface area contributed by atoms with Crippen molar-refractivity contribution in [2.45, 2.75) is 64.6 Å². The molecule has 1 fully saturated rings. The van der Waals surface area contributed by atoms with Crippen molar-refractivity contribution in [2.24, 2.45) is 0 Å². The van der Waals surface area contributed by atoms with E-state index in [1.165, 1.54) is 35.2 Å². The molecular formula is C22H30N4. The third kappa shape index (κ3) is 3.97. The smallest absolute Gasteiger partial charge is 0.145 e. The number of fused-ring (bicyclic) bond motifs is 1. The zero-order valence-corrected chi connectivity index (χ0v) is 16.0. The Morgan fingerprint density at radius 1 is 1.19 bits per heavy atom. The molecule has 1 N–H and O–H groups in total. The number of hydrogen-bond donors (Lipinski definition) is 1. The molecule has 0 saturated carbocycles. The number of nitrogens with one attached hydrogen (secondary N) is 1. The second-order valence-corrected chi connectivity index (χ2v) is 8.06. The van der Waals surface area contributed by atoms with Crippen LogP contribution in [0.25, 0.3) is 0 Å². The molecule has 0 bridgehead atoms. The first-order valence-corrected chi connectivity index (χ1v) is 10.1. The lowest BCUT2D eigenvalue weighted by Gasteiger charge is -2.29. The molecule has 4 nitrogen and oxygen atoms in total. The second kappa shape index (κ2) is 7.85. The van der Waals surface area contributed by atoms with Gasteiger partial charge in [0.05, 0.1) is 6.04 Å². The summed E-state index contributed by atoms with van der Waals surface area (Å²) < 4.78 is 0. The molecule has 1 aromatic carbocycles. The predicted molar refractivity (Wildman–Crippen MR) is 105 cm³/mol. The van der Waals surface area contributed by atoms with Crippen LogP contribution in [0.15, 0.2) is 30.5 Å². The van der Waals surface area contributed by atoms with Gasteiger partial charge < -0.3 is 5.32 Å². The lowest BCUT2D eigenvalue weighted by Crippen LogP contribution is -2.33. The molecule has 1 saturated heterocycles. The van der Waals surface area contributed by atoms with Crippen molar-refractivity contribution >= 4 is 0 Å². The van der Waals surface area contributed by atoms with E-state index in [4.69, 9.17) is 4.98 Å². The van der Waals surface area contributed by atoms with Gasteiger partial charge in [-0.15, -0.1) is 0 Å². The van der Waals surface area contributed by atoms with Gasteiger partial charge in [0.1, 0.15) is 5.82 Å². The molecule has 2 aliphatic rings. The highest BCUT2D eigenvalue weighted by Crippen LogP contribution is 2.24. The highest BCUT2D eigenvalue weighted by Gasteiger charge is 2.22. The Morgan fingerprint density at radius 2 is 2.04 bits per heavy atom. The lowest BCUT2D eigenvalue weighted by molar-refractivity contribution is 0.242. The van der Waals surface area contributed by atoms with E-state index in [1.807, 2.05) is 0 Å². The van der Waals surface area contributed by atoms with Crippen molar-refractivity contribution in [3.8, 4) is 0 Å². The topological polar surface area (TPSA) is 41.1 Å². The number of hydrogen-bond acceptors (Lipinski definition) is 4. The molecule has 138 valence electrons. The fourth-order valence-electron chi connectivity index (χ4n) is 4.03. The van der Waals surface area contributed by atoms with Crippen LogP contribution in [0.3, 0.4) is 0 Å². The fraction of sp³-hybridized carbons (Fsp3) is 0.545. The SMILES string of the molecule is CC(C)c1ccc(CN2CCc3nc(C4CCCCN4)ncc3C2)cc1. The van der Waals surface area contributed by atoms with Crippen LogP contribution in [0.5, 0.6) is 0 Å². The molecule has 0 spiro atoms. The van der Waals surface area contributed by atoms with E-state index < -0.39 is 0 Å². The van der Waals surface area contributed by atoms with Crippen molar-refractivity contribution in [1.82, 2.24) is 20.2 Å². The summed E-state index contributed by atoms with van der Waals surface area (Å²) in [4.78, 5) is 12.1. The maximum Gasteiger partial charge on any atom is 0.145 e. The van der Waals surface area contributed by atoms with Gasteiger partial charge in [0.25, 0.3) is 0 Å². The molecule has 26 heavy (non-hydrogen) atoms. The average Bonchev–Trinajstić information content (AvgIpc) is 2.69. The molecule has 1 atom stereocenters. The molecule has 4 rings (SSSR count). The number of piperidine rings is 1. The highest BCUT2D eigenvalue weighted by molar-refractivity contribution is 5.26. The van der Waals surface area contributed by atoms with Gasteiger partial charge in [0, 0.05) is 43.5 Å². The Hall–Kier alpha value is -1.78. The van der Waals surface area contributed by atoms with Crippen molar-refractivity contribution < 1.29 is 0 Å². The van der Waals surface area contributed by atoms with E-state index in [0.717, 1.165) is 44.8 Å². The molecule has 0 aliphatic carbocycles. The largest absolute Gasteiger partial charge is 0.307 e. The highest BCUT2D eigenvalue weighted by atomic mass is 15.1. The van der Waals surface area contributed by atoms with Crippen LogP contribution in [0.2, 0.25) is 0 Å². The van der Waals surface area contributed by atoms with Gasteiger partial charge in [-0.1, -0.05) is 44.5 Å². The normalized spacial score (nSPS) is 21.0. The van der Waals surface area contributed by atoms with Gasteiger partial charge in [-0.05, 0) is 36.4 Å². The van der Waals surface area contributed by atoms with Crippen LogP contribution in [0.1, 0.15) is 73.3 Å². The Balaban J connectivity index is 1.41. The van der Waals surface area contributed by atoms with Gasteiger partial charge in [-0.25, -0.2) is 9.97 Å². The van der Waals surface area contributed by atoms with E-state index in [1.54, 1.807) is 0 Å². The van der Waals surface area contributed by atoms with E-state index in [-0.39, 0.29) is 0 Å². The summed E-state index contributed by atoms with van der Waals surface area (Å²) in [6.07, 6.45) is 6.82. The van der Waals surface area contributed by atoms with Gasteiger partial charge in [-0.2, -0.15) is 0 Å². The standard InChI is InChI=1S/C22H30N4/c1-16(2)18-8-6-17(7-9-18)14-26-12-10-20-19(15-26)13-24-22(25-20)21-5-3-4-11-23-21/h6-9,13,16,21,23H,3-5,10-12,14-15H2,1-2H3. The summed E-state index contributed by atoms with van der Waals surface area (Å²) in [6, 6.07) is 9.44. The number of benzene rings is 1. The zero-order chi connectivity index (χ0) is 17.9. The Morgan fingerprint density at radius 3 is 2.77 bits per heavy atom. The molecule has 0 amide bonds. The van der Waals surface area contributed by atoms with Gasteiger partial charge >= 0.3 is 0 Å². The minimum Gasteiger partial charge on any atom is -0.307 e. The van der Waals surface area contributed by atoms with Gasteiger partial charge in [0.15, 0.2) is 0 Å². The quantitative estimate of drug-likeness (QED) is 0.906. The Kier molecular flexibility index (Phi) is 5.32.